The van der Waals surface area contributed by atoms with Crippen molar-refractivity contribution < 1.29 is 13.6 Å². The number of hydrogen-bond acceptors (Lipinski definition) is 1. The highest BCUT2D eigenvalue weighted by Gasteiger charge is 2.22. The van der Waals surface area contributed by atoms with Gasteiger partial charge in [-0.25, -0.2) is 8.78 Å². The number of fused-ring (bicyclic) bond motifs is 1. The van der Waals surface area contributed by atoms with Crippen molar-refractivity contribution in [2.24, 2.45) is 0 Å². The van der Waals surface area contributed by atoms with Gasteiger partial charge in [-0.1, -0.05) is 0 Å². The van der Waals surface area contributed by atoms with Crippen molar-refractivity contribution in [1.29, 1.82) is 0 Å². The molecule has 0 aliphatic heterocycles. The Balaban J connectivity index is 2.18. The van der Waals surface area contributed by atoms with Crippen LogP contribution in [0.25, 0.3) is 5.69 Å². The molecule has 1 aromatic carbocycles. The minimum atomic E-state index is -0.527. The van der Waals surface area contributed by atoms with Gasteiger partial charge < -0.3 is 4.57 Å². The van der Waals surface area contributed by atoms with Crippen molar-refractivity contribution >= 4 is 21.7 Å². The predicted octanol–water partition coefficient (Wildman–Crippen LogP) is 4.04. The highest BCUT2D eigenvalue weighted by atomic mass is 79.9. The van der Waals surface area contributed by atoms with Crippen LogP contribution in [0.5, 0.6) is 0 Å². The topological polar surface area (TPSA) is 22.0 Å². The van der Waals surface area contributed by atoms with Gasteiger partial charge >= 0.3 is 0 Å². The number of aromatic nitrogens is 1. The fourth-order valence-corrected chi connectivity index (χ4v) is 2.76. The molecule has 2 nitrogen and oxygen atoms in total. The first-order valence-electron chi connectivity index (χ1n) is 5.96. The lowest BCUT2D eigenvalue weighted by atomic mass is 9.97. The summed E-state index contributed by atoms with van der Waals surface area (Å²) in [6.07, 6.45) is 3.59. The molecule has 0 saturated carbocycles. The van der Waals surface area contributed by atoms with Gasteiger partial charge in [0.05, 0.1) is 10.2 Å². The Morgan fingerprint density at radius 2 is 1.95 bits per heavy atom. The lowest BCUT2D eigenvalue weighted by Crippen LogP contribution is -2.13. The number of ketones is 1. The number of carbonyl (C=O) groups is 1. The Morgan fingerprint density at radius 1 is 1.16 bits per heavy atom. The number of rotatable bonds is 1. The van der Waals surface area contributed by atoms with E-state index in [1.54, 1.807) is 16.8 Å². The lowest BCUT2D eigenvalue weighted by molar-refractivity contribution is 0.0972. The maximum Gasteiger partial charge on any atom is 0.164 e. The highest BCUT2D eigenvalue weighted by Crippen LogP contribution is 2.28. The molecule has 0 radical (unpaired) electrons. The quantitative estimate of drug-likeness (QED) is 0.725. The Morgan fingerprint density at radius 3 is 2.74 bits per heavy atom. The number of nitrogens with zero attached hydrogens (tertiary/aromatic N) is 1. The van der Waals surface area contributed by atoms with Crippen molar-refractivity contribution in [3.8, 4) is 5.69 Å². The molecule has 98 valence electrons. The van der Waals surface area contributed by atoms with Crippen LogP contribution in [0, 0.1) is 11.6 Å². The molecule has 0 fully saturated rings. The van der Waals surface area contributed by atoms with Crippen molar-refractivity contribution in [1.82, 2.24) is 4.57 Å². The summed E-state index contributed by atoms with van der Waals surface area (Å²) in [7, 11) is 0. The van der Waals surface area contributed by atoms with E-state index < -0.39 is 11.6 Å². The summed E-state index contributed by atoms with van der Waals surface area (Å²) in [5, 5.41) is 0. The Kier molecular flexibility index (Phi) is 3.01. The smallest absolute Gasteiger partial charge is 0.164 e. The molecular formula is C14H10BrF2NO. The van der Waals surface area contributed by atoms with Crippen LogP contribution in [-0.4, -0.2) is 10.4 Å². The first-order chi connectivity index (χ1) is 9.08. The van der Waals surface area contributed by atoms with Crippen LogP contribution < -0.4 is 0 Å². The second-order valence-electron chi connectivity index (χ2n) is 4.54. The van der Waals surface area contributed by atoms with Crippen LogP contribution in [0.2, 0.25) is 0 Å². The van der Waals surface area contributed by atoms with Crippen molar-refractivity contribution in [3.05, 3.63) is 51.8 Å². The summed E-state index contributed by atoms with van der Waals surface area (Å²) in [4.78, 5) is 11.7. The molecule has 0 spiro atoms. The zero-order valence-corrected chi connectivity index (χ0v) is 11.5. The van der Waals surface area contributed by atoms with Gasteiger partial charge in [-0.2, -0.15) is 0 Å². The van der Waals surface area contributed by atoms with Crippen molar-refractivity contribution in [2.45, 2.75) is 19.3 Å². The van der Waals surface area contributed by atoms with E-state index in [9.17, 15) is 13.6 Å². The molecule has 0 N–H and O–H groups in total. The normalized spacial score (nSPS) is 14.6. The third-order valence-corrected chi connectivity index (χ3v) is 3.97. The van der Waals surface area contributed by atoms with Crippen LogP contribution in [0.4, 0.5) is 8.78 Å². The van der Waals surface area contributed by atoms with E-state index in [1.165, 1.54) is 0 Å². The second kappa shape index (κ2) is 4.56. The minimum Gasteiger partial charge on any atom is -0.317 e. The Labute approximate surface area is 117 Å². The van der Waals surface area contributed by atoms with Crippen molar-refractivity contribution in [3.63, 3.8) is 0 Å². The zero-order valence-electron chi connectivity index (χ0n) is 9.92. The Bertz CT molecular complexity index is 678. The highest BCUT2D eigenvalue weighted by molar-refractivity contribution is 9.10. The molecule has 5 heteroatoms. The van der Waals surface area contributed by atoms with Gasteiger partial charge in [-0.15, -0.1) is 0 Å². The maximum absolute atomic E-state index is 14.0. The third-order valence-electron chi connectivity index (χ3n) is 3.36. The number of Topliss-reactive ketones (excluding diaryl/α,β-unsaturated/α-hetero) is 1. The van der Waals surface area contributed by atoms with Gasteiger partial charge in [-0.05, 0) is 40.9 Å². The zero-order chi connectivity index (χ0) is 13.6. The predicted molar refractivity (Wildman–Crippen MR) is 70.7 cm³/mol. The largest absolute Gasteiger partial charge is 0.317 e. The molecule has 19 heavy (non-hydrogen) atoms. The summed E-state index contributed by atoms with van der Waals surface area (Å²) >= 11 is 2.95. The van der Waals surface area contributed by atoms with E-state index in [1.807, 2.05) is 0 Å². The maximum atomic E-state index is 14.0. The molecule has 1 aliphatic carbocycles. The SMILES string of the molecule is O=C1CCCc2c1ccn2-c1cc(F)c(Br)cc1F. The average molecular weight is 326 g/mol. The Hall–Kier alpha value is -1.49. The summed E-state index contributed by atoms with van der Waals surface area (Å²) < 4.78 is 29.2. The van der Waals surface area contributed by atoms with Gasteiger partial charge in [-0.3, -0.25) is 4.79 Å². The van der Waals surface area contributed by atoms with E-state index in [2.05, 4.69) is 15.9 Å². The first-order valence-corrected chi connectivity index (χ1v) is 6.75. The van der Waals surface area contributed by atoms with E-state index >= 15 is 0 Å². The summed E-state index contributed by atoms with van der Waals surface area (Å²) in [6, 6.07) is 3.91. The summed E-state index contributed by atoms with van der Waals surface area (Å²) in [5.74, 6) is -0.983. The molecule has 0 amide bonds. The molecular weight excluding hydrogens is 316 g/mol. The number of hydrogen-bond donors (Lipinski definition) is 0. The molecule has 0 atom stereocenters. The van der Waals surface area contributed by atoms with E-state index in [0.29, 0.717) is 18.4 Å². The standard InChI is InChI=1S/C14H10BrF2NO/c15-9-6-11(17)13(7-10(9)16)18-5-4-8-12(18)2-1-3-14(8)19/h4-7H,1-3H2. The van der Waals surface area contributed by atoms with E-state index in [-0.39, 0.29) is 15.9 Å². The molecule has 0 unspecified atom stereocenters. The van der Waals surface area contributed by atoms with E-state index in [4.69, 9.17) is 0 Å². The van der Waals surface area contributed by atoms with Gasteiger partial charge in [0.25, 0.3) is 0 Å². The fraction of sp³-hybridized carbons (Fsp3) is 0.214. The van der Waals surface area contributed by atoms with Crippen LogP contribution >= 0.6 is 15.9 Å². The average Bonchev–Trinajstić information content (AvgIpc) is 2.79. The molecule has 0 bridgehead atoms. The second-order valence-corrected chi connectivity index (χ2v) is 5.39. The molecule has 0 saturated heterocycles. The minimum absolute atomic E-state index is 0.0676. The molecule has 2 aromatic rings. The monoisotopic (exact) mass is 325 g/mol. The molecule has 1 aliphatic rings. The van der Waals surface area contributed by atoms with Crippen LogP contribution in [-0.2, 0) is 6.42 Å². The van der Waals surface area contributed by atoms with Crippen LogP contribution in [0.15, 0.2) is 28.9 Å². The molecule has 1 aromatic heterocycles. The number of carbonyl (C=O) groups excluding carboxylic acids is 1. The van der Waals surface area contributed by atoms with Gasteiger partial charge in [0.15, 0.2) is 5.78 Å². The summed E-state index contributed by atoms with van der Waals surface area (Å²) in [6.45, 7) is 0. The number of halogens is 3. The fourth-order valence-electron chi connectivity index (χ4n) is 2.45. The number of benzene rings is 1. The summed E-state index contributed by atoms with van der Waals surface area (Å²) in [5.41, 5.74) is 1.52. The third kappa shape index (κ3) is 2.02. The van der Waals surface area contributed by atoms with Gasteiger partial charge in [0.2, 0.25) is 0 Å². The van der Waals surface area contributed by atoms with Crippen LogP contribution in [0.1, 0.15) is 28.9 Å². The van der Waals surface area contributed by atoms with Crippen LogP contribution in [0.3, 0.4) is 0 Å². The van der Waals surface area contributed by atoms with Crippen molar-refractivity contribution in [2.75, 3.05) is 0 Å². The first kappa shape index (κ1) is 12.5. The van der Waals surface area contributed by atoms with Gasteiger partial charge in [0.1, 0.15) is 11.6 Å². The molecule has 3 rings (SSSR count). The van der Waals surface area contributed by atoms with Gasteiger partial charge in [0, 0.05) is 29.9 Å². The lowest BCUT2D eigenvalue weighted by Gasteiger charge is -2.15. The van der Waals surface area contributed by atoms with E-state index in [0.717, 1.165) is 24.2 Å². The molecule has 1 heterocycles.